The van der Waals surface area contributed by atoms with Crippen molar-refractivity contribution in [1.82, 2.24) is 9.29 Å². The Balaban J connectivity index is 1.41. The Hall–Kier alpha value is -3.06. The minimum Gasteiger partial charge on any atom is -0.465 e. The molecular formula is C21H24F3N5O4S. The van der Waals surface area contributed by atoms with Gasteiger partial charge in [-0.15, -0.1) is 0 Å². The molecule has 1 fully saturated rings. The minimum absolute atomic E-state index is 0.104. The van der Waals surface area contributed by atoms with E-state index >= 15 is 0 Å². The molecule has 2 aliphatic rings. The zero-order valence-corrected chi connectivity index (χ0v) is 19.0. The highest BCUT2D eigenvalue weighted by Crippen LogP contribution is 2.37. The number of para-hydroxylation sites is 2. The normalized spacial score (nSPS) is 17.6. The number of piperazine rings is 1. The van der Waals surface area contributed by atoms with Gasteiger partial charge >= 0.3 is 12.3 Å². The second-order valence-corrected chi connectivity index (χ2v) is 10.1. The molecule has 1 aromatic carbocycles. The average Bonchev–Trinajstić information content (AvgIpc) is 2.82. The number of rotatable bonds is 5. The van der Waals surface area contributed by atoms with Crippen LogP contribution in [-0.4, -0.2) is 80.1 Å². The van der Waals surface area contributed by atoms with E-state index in [2.05, 4.69) is 4.98 Å². The smallest absolute Gasteiger partial charge is 0.411 e. The molecule has 2 aliphatic heterocycles. The molecule has 0 bridgehead atoms. The maximum Gasteiger partial charge on any atom is 0.411 e. The molecule has 0 unspecified atom stereocenters. The van der Waals surface area contributed by atoms with Gasteiger partial charge in [-0.2, -0.15) is 17.5 Å². The SMILES string of the molecule is O=C(O)N1CCN(c2ccc(N3CCN(S(=O)(=O)CCC(F)(F)F)CC3)cn2)c2ccccc21. The number of carbonyl (C=O) groups is 1. The summed E-state index contributed by atoms with van der Waals surface area (Å²) < 4.78 is 62.8. The first-order valence-electron chi connectivity index (χ1n) is 10.7. The van der Waals surface area contributed by atoms with Gasteiger partial charge in [-0.25, -0.2) is 18.2 Å². The van der Waals surface area contributed by atoms with Gasteiger partial charge in [-0.05, 0) is 24.3 Å². The monoisotopic (exact) mass is 499 g/mol. The maximum atomic E-state index is 12.4. The Kier molecular flexibility index (Phi) is 6.58. The van der Waals surface area contributed by atoms with E-state index in [-0.39, 0.29) is 13.1 Å². The molecular weight excluding hydrogens is 475 g/mol. The van der Waals surface area contributed by atoms with Crippen LogP contribution in [-0.2, 0) is 10.0 Å². The lowest BCUT2D eigenvalue weighted by molar-refractivity contribution is -0.130. The van der Waals surface area contributed by atoms with E-state index in [4.69, 9.17) is 0 Å². The van der Waals surface area contributed by atoms with Crippen molar-refractivity contribution in [2.75, 3.05) is 59.7 Å². The van der Waals surface area contributed by atoms with Crippen LogP contribution in [0.2, 0.25) is 0 Å². The molecule has 0 atom stereocenters. The molecule has 0 spiro atoms. The van der Waals surface area contributed by atoms with E-state index in [0.717, 1.165) is 15.7 Å². The molecule has 34 heavy (non-hydrogen) atoms. The Labute approximate surface area is 195 Å². The molecule has 1 N–H and O–H groups in total. The number of pyridine rings is 1. The van der Waals surface area contributed by atoms with Gasteiger partial charge in [0.05, 0.1) is 35.4 Å². The Morgan fingerprint density at radius 3 is 2.24 bits per heavy atom. The molecule has 3 heterocycles. The molecule has 9 nitrogen and oxygen atoms in total. The van der Waals surface area contributed by atoms with Crippen molar-refractivity contribution in [1.29, 1.82) is 0 Å². The Morgan fingerprint density at radius 2 is 1.65 bits per heavy atom. The molecule has 0 aliphatic carbocycles. The largest absolute Gasteiger partial charge is 0.465 e. The molecule has 4 rings (SSSR count). The lowest BCUT2D eigenvalue weighted by Gasteiger charge is -2.37. The van der Waals surface area contributed by atoms with Crippen LogP contribution in [0, 0.1) is 0 Å². The fourth-order valence-corrected chi connectivity index (χ4v) is 5.59. The van der Waals surface area contributed by atoms with Crippen molar-refractivity contribution in [3.8, 4) is 0 Å². The fourth-order valence-electron chi connectivity index (χ4n) is 4.12. The van der Waals surface area contributed by atoms with E-state index in [1.54, 1.807) is 18.3 Å². The number of hydrogen-bond acceptors (Lipinski definition) is 6. The van der Waals surface area contributed by atoms with Crippen molar-refractivity contribution < 1.29 is 31.5 Å². The van der Waals surface area contributed by atoms with Crippen LogP contribution in [0.15, 0.2) is 42.6 Å². The quantitative estimate of drug-likeness (QED) is 0.675. The van der Waals surface area contributed by atoms with Crippen molar-refractivity contribution in [2.24, 2.45) is 0 Å². The summed E-state index contributed by atoms with van der Waals surface area (Å²) in [7, 11) is -3.96. The van der Waals surface area contributed by atoms with Crippen LogP contribution in [0.5, 0.6) is 0 Å². The van der Waals surface area contributed by atoms with Gasteiger partial charge in [0.15, 0.2) is 0 Å². The first-order chi connectivity index (χ1) is 16.0. The second kappa shape index (κ2) is 9.29. The predicted molar refractivity (Wildman–Crippen MR) is 121 cm³/mol. The number of anilines is 4. The molecule has 2 aromatic rings. The van der Waals surface area contributed by atoms with E-state index in [1.807, 2.05) is 34.1 Å². The van der Waals surface area contributed by atoms with Gasteiger partial charge < -0.3 is 14.9 Å². The van der Waals surface area contributed by atoms with Gasteiger partial charge in [-0.3, -0.25) is 4.90 Å². The number of sulfonamides is 1. The summed E-state index contributed by atoms with van der Waals surface area (Å²) >= 11 is 0. The van der Waals surface area contributed by atoms with Crippen LogP contribution in [0.1, 0.15) is 6.42 Å². The van der Waals surface area contributed by atoms with Crippen LogP contribution in [0.25, 0.3) is 0 Å². The number of halogens is 3. The van der Waals surface area contributed by atoms with E-state index in [0.29, 0.717) is 37.7 Å². The van der Waals surface area contributed by atoms with Gasteiger partial charge in [0.25, 0.3) is 0 Å². The van der Waals surface area contributed by atoms with E-state index in [9.17, 15) is 31.5 Å². The summed E-state index contributed by atoms with van der Waals surface area (Å²) in [5.41, 5.74) is 2.08. The van der Waals surface area contributed by atoms with Crippen molar-refractivity contribution in [3.63, 3.8) is 0 Å². The minimum atomic E-state index is -4.51. The number of amides is 1. The standard InChI is InChI=1S/C21H24F3N5O4S/c22-21(23,24)7-14-34(32,33)27-10-8-26(9-11-27)16-5-6-19(25-15-16)28-12-13-29(20(30)31)18-4-2-1-3-17(18)28/h1-6,15H,7-14H2,(H,30,31). The van der Waals surface area contributed by atoms with E-state index in [1.165, 1.54) is 4.90 Å². The van der Waals surface area contributed by atoms with Gasteiger partial charge in [-0.1, -0.05) is 12.1 Å². The molecule has 1 saturated heterocycles. The highest BCUT2D eigenvalue weighted by molar-refractivity contribution is 7.89. The topological polar surface area (TPSA) is 97.3 Å². The van der Waals surface area contributed by atoms with Gasteiger partial charge in [0, 0.05) is 39.3 Å². The maximum absolute atomic E-state index is 12.4. The summed E-state index contributed by atoms with van der Waals surface area (Å²) in [6.45, 7) is 1.61. The predicted octanol–water partition coefficient (Wildman–Crippen LogP) is 3.12. The number of benzene rings is 1. The zero-order valence-electron chi connectivity index (χ0n) is 18.1. The Bertz CT molecular complexity index is 1140. The summed E-state index contributed by atoms with van der Waals surface area (Å²) in [6, 6.07) is 10.8. The van der Waals surface area contributed by atoms with Gasteiger partial charge in [0.2, 0.25) is 10.0 Å². The number of aromatic nitrogens is 1. The second-order valence-electron chi connectivity index (χ2n) is 8.02. The molecule has 1 aromatic heterocycles. The first kappa shape index (κ1) is 24.1. The molecule has 0 saturated carbocycles. The van der Waals surface area contributed by atoms with Crippen LogP contribution >= 0.6 is 0 Å². The highest BCUT2D eigenvalue weighted by Gasteiger charge is 2.34. The lowest BCUT2D eigenvalue weighted by Crippen LogP contribution is -2.49. The summed E-state index contributed by atoms with van der Waals surface area (Å²) in [5, 5.41) is 9.45. The number of fused-ring (bicyclic) bond motifs is 1. The number of hydrogen-bond donors (Lipinski definition) is 1. The molecule has 1 amide bonds. The van der Waals surface area contributed by atoms with Crippen molar-refractivity contribution >= 4 is 39.0 Å². The van der Waals surface area contributed by atoms with Gasteiger partial charge in [0.1, 0.15) is 5.82 Å². The van der Waals surface area contributed by atoms with Crippen molar-refractivity contribution in [2.45, 2.75) is 12.6 Å². The van der Waals surface area contributed by atoms with Crippen LogP contribution < -0.4 is 14.7 Å². The van der Waals surface area contributed by atoms with Crippen LogP contribution in [0.3, 0.4) is 0 Å². The summed E-state index contributed by atoms with van der Waals surface area (Å²) in [5.74, 6) is -0.293. The fraction of sp³-hybridized carbons (Fsp3) is 0.429. The third-order valence-electron chi connectivity index (χ3n) is 5.89. The van der Waals surface area contributed by atoms with E-state index < -0.39 is 34.5 Å². The molecule has 0 radical (unpaired) electrons. The third-order valence-corrected chi connectivity index (χ3v) is 7.76. The number of carboxylic acid groups (broad SMARTS) is 1. The lowest BCUT2D eigenvalue weighted by atomic mass is 10.1. The van der Waals surface area contributed by atoms with Crippen LogP contribution in [0.4, 0.5) is 40.8 Å². The Morgan fingerprint density at radius 1 is 0.971 bits per heavy atom. The zero-order chi connectivity index (χ0) is 24.5. The average molecular weight is 500 g/mol. The van der Waals surface area contributed by atoms with Crippen molar-refractivity contribution in [3.05, 3.63) is 42.6 Å². The summed E-state index contributed by atoms with van der Waals surface area (Å²) in [6.07, 6.45) is -5.22. The first-order valence-corrected chi connectivity index (χ1v) is 12.3. The highest BCUT2D eigenvalue weighted by atomic mass is 32.2. The number of nitrogens with zero attached hydrogens (tertiary/aromatic N) is 5. The summed E-state index contributed by atoms with van der Waals surface area (Å²) in [4.78, 5) is 21.2. The third kappa shape index (κ3) is 5.20. The number of alkyl halides is 3. The molecule has 13 heteroatoms. The molecule has 184 valence electrons.